The quantitative estimate of drug-likeness (QED) is 0.660. The molecule has 96 valence electrons. The average molecular weight is 338 g/mol. The van der Waals surface area contributed by atoms with Crippen LogP contribution in [0.1, 0.15) is 10.5 Å². The first-order chi connectivity index (χ1) is 9.19. The second kappa shape index (κ2) is 4.79. The zero-order valence-corrected chi connectivity index (χ0v) is 12.2. The number of methoxy groups -OCH3 is 1. The standard InChI is InChI=1S/C13H8BrNO3S/c1-17-12(16)10-11(19-13(14)15-10)9-6-7-4-2-3-5-8(7)18-9/h2-6H,1H3. The van der Waals surface area contributed by atoms with Crippen molar-refractivity contribution in [3.05, 3.63) is 39.9 Å². The molecule has 2 aromatic heterocycles. The Bertz CT molecular complexity index is 729. The van der Waals surface area contributed by atoms with Crippen LogP contribution in [-0.4, -0.2) is 18.1 Å². The van der Waals surface area contributed by atoms with Gasteiger partial charge in [-0.25, -0.2) is 9.78 Å². The number of carbonyl (C=O) groups is 1. The highest BCUT2D eigenvalue weighted by atomic mass is 79.9. The van der Waals surface area contributed by atoms with Gasteiger partial charge in [0.1, 0.15) is 16.2 Å². The molecule has 0 amide bonds. The van der Waals surface area contributed by atoms with Crippen LogP contribution >= 0.6 is 27.3 Å². The fourth-order valence-corrected chi connectivity index (χ4v) is 3.18. The van der Waals surface area contributed by atoms with Gasteiger partial charge in [-0.2, -0.15) is 0 Å². The van der Waals surface area contributed by atoms with Crippen molar-refractivity contribution >= 4 is 44.2 Å². The van der Waals surface area contributed by atoms with Crippen molar-refractivity contribution in [2.45, 2.75) is 0 Å². The summed E-state index contributed by atoms with van der Waals surface area (Å²) in [6, 6.07) is 9.57. The highest BCUT2D eigenvalue weighted by Gasteiger charge is 2.21. The zero-order chi connectivity index (χ0) is 13.4. The number of thiazole rings is 1. The van der Waals surface area contributed by atoms with E-state index in [0.717, 1.165) is 11.0 Å². The van der Waals surface area contributed by atoms with Crippen LogP contribution in [0.15, 0.2) is 38.7 Å². The third-order valence-electron chi connectivity index (χ3n) is 2.63. The van der Waals surface area contributed by atoms with E-state index in [4.69, 9.17) is 9.15 Å². The van der Waals surface area contributed by atoms with Crippen LogP contribution in [0.4, 0.5) is 0 Å². The molecule has 0 atom stereocenters. The molecule has 0 aliphatic heterocycles. The lowest BCUT2D eigenvalue weighted by Crippen LogP contribution is -2.02. The van der Waals surface area contributed by atoms with E-state index in [1.165, 1.54) is 18.4 Å². The Labute approximate surface area is 121 Å². The van der Waals surface area contributed by atoms with E-state index in [-0.39, 0.29) is 5.69 Å². The summed E-state index contributed by atoms with van der Waals surface area (Å²) in [5, 5.41) is 0.984. The van der Waals surface area contributed by atoms with Gasteiger partial charge in [-0.05, 0) is 28.1 Å². The lowest BCUT2D eigenvalue weighted by Gasteiger charge is -1.96. The molecular weight excluding hydrogens is 330 g/mol. The fourth-order valence-electron chi connectivity index (χ4n) is 1.79. The fraction of sp³-hybridized carbons (Fsp3) is 0.0769. The molecule has 0 unspecified atom stereocenters. The number of hydrogen-bond acceptors (Lipinski definition) is 5. The summed E-state index contributed by atoms with van der Waals surface area (Å²) >= 11 is 4.62. The Balaban J connectivity index is 2.18. The minimum atomic E-state index is -0.475. The van der Waals surface area contributed by atoms with Crippen molar-refractivity contribution in [1.29, 1.82) is 0 Å². The lowest BCUT2D eigenvalue weighted by molar-refractivity contribution is 0.0595. The van der Waals surface area contributed by atoms with E-state index in [2.05, 4.69) is 20.9 Å². The smallest absolute Gasteiger partial charge is 0.358 e. The number of para-hydroxylation sites is 1. The highest BCUT2D eigenvalue weighted by molar-refractivity contribution is 9.11. The monoisotopic (exact) mass is 337 g/mol. The third-order valence-corrected chi connectivity index (χ3v) is 4.15. The molecule has 0 saturated carbocycles. The van der Waals surface area contributed by atoms with Gasteiger partial charge < -0.3 is 9.15 Å². The van der Waals surface area contributed by atoms with Crippen LogP contribution in [0.25, 0.3) is 21.6 Å². The molecule has 0 bridgehead atoms. The van der Waals surface area contributed by atoms with Crippen molar-refractivity contribution in [3.8, 4) is 10.6 Å². The molecule has 0 saturated heterocycles. The van der Waals surface area contributed by atoms with E-state index in [9.17, 15) is 4.79 Å². The predicted octanol–water partition coefficient (Wildman–Crippen LogP) is 4.11. The Morgan fingerprint density at radius 1 is 1.42 bits per heavy atom. The van der Waals surface area contributed by atoms with Crippen LogP contribution in [-0.2, 0) is 4.74 Å². The number of halogens is 1. The number of carbonyl (C=O) groups excluding carboxylic acids is 1. The van der Waals surface area contributed by atoms with Gasteiger partial charge >= 0.3 is 5.97 Å². The molecule has 2 heterocycles. The number of hydrogen-bond donors (Lipinski definition) is 0. The van der Waals surface area contributed by atoms with Gasteiger partial charge in [-0.15, -0.1) is 11.3 Å². The van der Waals surface area contributed by atoms with Crippen LogP contribution in [0.2, 0.25) is 0 Å². The largest absolute Gasteiger partial charge is 0.464 e. The molecule has 4 nitrogen and oxygen atoms in total. The number of nitrogens with zero attached hydrogens (tertiary/aromatic N) is 1. The number of aromatic nitrogens is 1. The maximum atomic E-state index is 11.7. The number of fused-ring (bicyclic) bond motifs is 1. The summed E-state index contributed by atoms with van der Waals surface area (Å²) in [5.41, 5.74) is 1.04. The molecule has 0 radical (unpaired) electrons. The van der Waals surface area contributed by atoms with Gasteiger partial charge in [0.15, 0.2) is 9.61 Å². The van der Waals surface area contributed by atoms with E-state index < -0.39 is 5.97 Å². The number of furan rings is 1. The average Bonchev–Trinajstić information content (AvgIpc) is 3.00. The Kier molecular flexibility index (Phi) is 3.12. The SMILES string of the molecule is COC(=O)c1nc(Br)sc1-c1cc2ccccc2o1. The van der Waals surface area contributed by atoms with Gasteiger partial charge in [0.05, 0.1) is 7.11 Å². The van der Waals surface area contributed by atoms with Crippen LogP contribution in [0.5, 0.6) is 0 Å². The molecule has 19 heavy (non-hydrogen) atoms. The van der Waals surface area contributed by atoms with Crippen LogP contribution < -0.4 is 0 Å². The Hall–Kier alpha value is -1.66. The Morgan fingerprint density at radius 2 is 2.21 bits per heavy atom. The van der Waals surface area contributed by atoms with Crippen LogP contribution in [0, 0.1) is 0 Å². The summed E-state index contributed by atoms with van der Waals surface area (Å²) in [6.07, 6.45) is 0. The first-order valence-corrected chi connectivity index (χ1v) is 7.03. The van der Waals surface area contributed by atoms with E-state index in [1.54, 1.807) is 0 Å². The Morgan fingerprint density at radius 3 is 2.95 bits per heavy atom. The molecule has 0 fully saturated rings. The maximum Gasteiger partial charge on any atom is 0.358 e. The van der Waals surface area contributed by atoms with Crippen molar-refractivity contribution in [2.75, 3.05) is 7.11 Å². The summed E-state index contributed by atoms with van der Waals surface area (Å²) in [7, 11) is 1.33. The zero-order valence-electron chi connectivity index (χ0n) is 9.84. The minimum Gasteiger partial charge on any atom is -0.464 e. The van der Waals surface area contributed by atoms with Crippen molar-refractivity contribution < 1.29 is 13.9 Å². The molecule has 6 heteroatoms. The van der Waals surface area contributed by atoms with Gasteiger partial charge in [0, 0.05) is 5.39 Å². The highest BCUT2D eigenvalue weighted by Crippen LogP contribution is 2.36. The maximum absolute atomic E-state index is 11.7. The van der Waals surface area contributed by atoms with Crippen molar-refractivity contribution in [1.82, 2.24) is 4.98 Å². The van der Waals surface area contributed by atoms with E-state index >= 15 is 0 Å². The van der Waals surface area contributed by atoms with Gasteiger partial charge in [0.25, 0.3) is 0 Å². The summed E-state index contributed by atoms with van der Waals surface area (Å²) < 4.78 is 11.1. The molecule has 0 N–H and O–H groups in total. The molecule has 3 rings (SSSR count). The van der Waals surface area contributed by atoms with E-state index in [0.29, 0.717) is 14.6 Å². The number of esters is 1. The number of rotatable bonds is 2. The first kappa shape index (κ1) is 12.4. The molecule has 0 spiro atoms. The predicted molar refractivity (Wildman–Crippen MR) is 76.4 cm³/mol. The number of benzene rings is 1. The van der Waals surface area contributed by atoms with Crippen molar-refractivity contribution in [2.24, 2.45) is 0 Å². The summed E-state index contributed by atoms with van der Waals surface area (Å²) in [4.78, 5) is 16.5. The van der Waals surface area contributed by atoms with E-state index in [1.807, 2.05) is 30.3 Å². The van der Waals surface area contributed by atoms with Crippen LogP contribution in [0.3, 0.4) is 0 Å². The van der Waals surface area contributed by atoms with Gasteiger partial charge in [0.2, 0.25) is 0 Å². The van der Waals surface area contributed by atoms with Crippen molar-refractivity contribution in [3.63, 3.8) is 0 Å². The first-order valence-electron chi connectivity index (χ1n) is 5.42. The summed E-state index contributed by atoms with van der Waals surface area (Å²) in [5.74, 6) is 0.141. The molecule has 3 aromatic rings. The minimum absolute atomic E-state index is 0.262. The summed E-state index contributed by atoms with van der Waals surface area (Å²) in [6.45, 7) is 0. The lowest BCUT2D eigenvalue weighted by atomic mass is 10.2. The topological polar surface area (TPSA) is 52.3 Å². The molecule has 1 aromatic carbocycles. The normalized spacial score (nSPS) is 10.8. The molecule has 0 aliphatic rings. The second-order valence-corrected chi connectivity index (χ2v) is 6.06. The molecule has 0 aliphatic carbocycles. The molecular formula is C13H8BrNO3S. The second-order valence-electron chi connectivity index (χ2n) is 3.78. The number of ether oxygens (including phenoxy) is 1. The third kappa shape index (κ3) is 2.17. The van der Waals surface area contributed by atoms with Gasteiger partial charge in [-0.1, -0.05) is 18.2 Å². The van der Waals surface area contributed by atoms with Gasteiger partial charge in [-0.3, -0.25) is 0 Å².